The summed E-state index contributed by atoms with van der Waals surface area (Å²) in [4.78, 5) is 11.5. The Hall–Kier alpha value is -2.49. The molecule has 3 rings (SSSR count). The number of pyridine rings is 1. The lowest BCUT2D eigenvalue weighted by molar-refractivity contribution is 0.282. The lowest BCUT2D eigenvalue weighted by Gasteiger charge is -2.11. The Labute approximate surface area is 136 Å². The number of hydrogen-bond acceptors (Lipinski definition) is 3. The van der Waals surface area contributed by atoms with Crippen LogP contribution in [0, 0.1) is 13.8 Å². The van der Waals surface area contributed by atoms with Crippen LogP contribution in [0.3, 0.4) is 0 Å². The van der Waals surface area contributed by atoms with E-state index in [1.807, 2.05) is 48.9 Å². The zero-order valence-corrected chi connectivity index (χ0v) is 13.7. The average Bonchev–Trinajstić information content (AvgIpc) is 3.30. The maximum atomic E-state index is 11.5. The molecule has 4 heteroatoms. The summed E-state index contributed by atoms with van der Waals surface area (Å²) >= 11 is 0. The maximum Gasteiger partial charge on any atom is 0.182 e. The second-order valence-electron chi connectivity index (χ2n) is 5.89. The van der Waals surface area contributed by atoms with Gasteiger partial charge in [0.15, 0.2) is 16.9 Å². The van der Waals surface area contributed by atoms with E-state index in [1.54, 1.807) is 19.2 Å². The van der Waals surface area contributed by atoms with Crippen LogP contribution in [-0.4, -0.2) is 17.8 Å². The summed E-state index contributed by atoms with van der Waals surface area (Å²) < 4.78 is 13.2. The van der Waals surface area contributed by atoms with Gasteiger partial charge in [-0.1, -0.05) is 6.07 Å². The molecule has 1 heterocycles. The van der Waals surface area contributed by atoms with Crippen molar-refractivity contribution in [2.45, 2.75) is 32.8 Å². The highest BCUT2D eigenvalue weighted by Gasteiger charge is 2.24. The minimum atomic E-state index is 0.0363. The quantitative estimate of drug-likeness (QED) is 0.846. The van der Waals surface area contributed by atoms with Crippen LogP contribution in [0.1, 0.15) is 29.8 Å². The number of methoxy groups -OCH3 is 1. The first kappa shape index (κ1) is 15.4. The van der Waals surface area contributed by atoms with Crippen LogP contribution in [0.15, 0.2) is 35.1 Å². The van der Waals surface area contributed by atoms with E-state index < -0.39 is 0 Å². The van der Waals surface area contributed by atoms with Gasteiger partial charge in [0.2, 0.25) is 0 Å². The minimum Gasteiger partial charge on any atom is -0.493 e. The first-order chi connectivity index (χ1) is 11.1. The lowest BCUT2D eigenvalue weighted by atomic mass is 10.2. The number of nitrogens with zero attached hydrogens (tertiary/aromatic N) is 1. The molecule has 0 saturated heterocycles. The molecule has 1 aliphatic carbocycles. The predicted molar refractivity (Wildman–Crippen MR) is 92.0 cm³/mol. The van der Waals surface area contributed by atoms with Gasteiger partial charge in [-0.3, -0.25) is 4.79 Å². The van der Waals surface area contributed by atoms with Crippen molar-refractivity contribution < 1.29 is 9.47 Å². The standard InChI is InChI=1S/C19H21NO3/c1-13-10-16(21)11-14(2)20(13)9-8-15-4-7-18(22-3)19(12-15)23-17-5-6-17/h4,7-12,17H,5-6H2,1-3H3/b9-8+. The van der Waals surface area contributed by atoms with Crippen molar-refractivity contribution in [2.24, 2.45) is 0 Å². The molecule has 4 nitrogen and oxygen atoms in total. The largest absolute Gasteiger partial charge is 0.493 e. The highest BCUT2D eigenvalue weighted by molar-refractivity contribution is 5.64. The van der Waals surface area contributed by atoms with E-state index in [2.05, 4.69) is 0 Å². The zero-order chi connectivity index (χ0) is 16.4. The molecule has 0 radical (unpaired) electrons. The van der Waals surface area contributed by atoms with Crippen LogP contribution in [0.25, 0.3) is 12.3 Å². The van der Waals surface area contributed by atoms with Gasteiger partial charge in [0.25, 0.3) is 0 Å². The number of hydrogen-bond donors (Lipinski definition) is 0. The fraction of sp³-hybridized carbons (Fsp3) is 0.316. The van der Waals surface area contributed by atoms with Gasteiger partial charge in [-0.15, -0.1) is 0 Å². The maximum absolute atomic E-state index is 11.5. The number of aromatic nitrogens is 1. The van der Waals surface area contributed by atoms with Crippen LogP contribution in [0.4, 0.5) is 0 Å². The summed E-state index contributed by atoms with van der Waals surface area (Å²) in [5, 5.41) is 0. The van der Waals surface area contributed by atoms with Gasteiger partial charge in [0.05, 0.1) is 13.2 Å². The van der Waals surface area contributed by atoms with Crippen molar-refractivity contribution in [2.75, 3.05) is 7.11 Å². The Bertz CT molecular complexity index is 774. The van der Waals surface area contributed by atoms with Gasteiger partial charge in [-0.25, -0.2) is 0 Å². The Morgan fingerprint density at radius 2 is 1.78 bits per heavy atom. The van der Waals surface area contributed by atoms with Crippen LogP contribution in [-0.2, 0) is 0 Å². The predicted octanol–water partition coefficient (Wildman–Crippen LogP) is 3.64. The van der Waals surface area contributed by atoms with Crippen LogP contribution in [0.5, 0.6) is 11.5 Å². The monoisotopic (exact) mass is 311 g/mol. The molecular weight excluding hydrogens is 290 g/mol. The molecule has 0 bridgehead atoms. The molecule has 0 amide bonds. The van der Waals surface area contributed by atoms with E-state index in [-0.39, 0.29) is 5.43 Å². The zero-order valence-electron chi connectivity index (χ0n) is 13.7. The van der Waals surface area contributed by atoms with Crippen molar-refractivity contribution in [3.63, 3.8) is 0 Å². The number of rotatable bonds is 5. The SMILES string of the molecule is COc1ccc(/C=C/n2c(C)cc(=O)cc2C)cc1OC1CC1. The van der Waals surface area contributed by atoms with E-state index in [0.717, 1.165) is 41.3 Å². The molecular formula is C19H21NO3. The van der Waals surface area contributed by atoms with Crippen LogP contribution >= 0.6 is 0 Å². The Morgan fingerprint density at radius 3 is 2.39 bits per heavy atom. The summed E-state index contributed by atoms with van der Waals surface area (Å²) in [6.45, 7) is 3.85. The molecule has 0 unspecified atom stereocenters. The molecule has 1 aliphatic rings. The first-order valence-corrected chi connectivity index (χ1v) is 7.79. The van der Waals surface area contributed by atoms with Gasteiger partial charge in [-0.05, 0) is 50.5 Å². The van der Waals surface area contributed by atoms with E-state index in [4.69, 9.17) is 9.47 Å². The molecule has 1 fully saturated rings. The second-order valence-corrected chi connectivity index (χ2v) is 5.89. The number of ether oxygens (including phenoxy) is 2. The van der Waals surface area contributed by atoms with Crippen molar-refractivity contribution in [3.8, 4) is 11.5 Å². The number of benzene rings is 1. The van der Waals surface area contributed by atoms with Gasteiger partial charge < -0.3 is 14.0 Å². The van der Waals surface area contributed by atoms with Gasteiger partial charge in [0.1, 0.15) is 0 Å². The third-order valence-corrected chi connectivity index (χ3v) is 3.88. The van der Waals surface area contributed by atoms with Gasteiger partial charge in [-0.2, -0.15) is 0 Å². The fourth-order valence-electron chi connectivity index (χ4n) is 2.52. The van der Waals surface area contributed by atoms with E-state index in [9.17, 15) is 4.79 Å². The van der Waals surface area contributed by atoms with Crippen LogP contribution < -0.4 is 14.9 Å². The van der Waals surface area contributed by atoms with Gasteiger partial charge in [0, 0.05) is 29.7 Å². The van der Waals surface area contributed by atoms with Crippen molar-refractivity contribution in [3.05, 3.63) is 57.5 Å². The first-order valence-electron chi connectivity index (χ1n) is 7.79. The molecule has 1 aromatic heterocycles. The molecule has 0 N–H and O–H groups in total. The average molecular weight is 311 g/mol. The highest BCUT2D eigenvalue weighted by atomic mass is 16.5. The molecule has 120 valence electrons. The molecule has 0 aliphatic heterocycles. The van der Waals surface area contributed by atoms with E-state index in [1.165, 1.54) is 0 Å². The van der Waals surface area contributed by atoms with E-state index >= 15 is 0 Å². The summed E-state index contributed by atoms with van der Waals surface area (Å²) in [5.41, 5.74) is 2.89. The summed E-state index contributed by atoms with van der Waals surface area (Å²) in [5.74, 6) is 1.54. The molecule has 23 heavy (non-hydrogen) atoms. The Balaban J connectivity index is 1.89. The summed E-state index contributed by atoms with van der Waals surface area (Å²) in [7, 11) is 1.65. The normalized spacial score (nSPS) is 14.2. The second kappa shape index (κ2) is 6.32. The Morgan fingerprint density at radius 1 is 1.09 bits per heavy atom. The van der Waals surface area contributed by atoms with E-state index in [0.29, 0.717) is 6.10 Å². The molecule has 2 aromatic rings. The molecule has 0 atom stereocenters. The molecule has 0 spiro atoms. The minimum absolute atomic E-state index is 0.0363. The third kappa shape index (κ3) is 3.65. The Kier molecular flexibility index (Phi) is 4.24. The number of aryl methyl sites for hydroxylation is 2. The van der Waals surface area contributed by atoms with Crippen molar-refractivity contribution >= 4 is 12.3 Å². The van der Waals surface area contributed by atoms with Crippen molar-refractivity contribution in [1.29, 1.82) is 0 Å². The van der Waals surface area contributed by atoms with Crippen molar-refractivity contribution in [1.82, 2.24) is 4.57 Å². The topological polar surface area (TPSA) is 40.5 Å². The fourth-order valence-corrected chi connectivity index (χ4v) is 2.52. The molecule has 1 saturated carbocycles. The van der Waals surface area contributed by atoms with Gasteiger partial charge >= 0.3 is 0 Å². The van der Waals surface area contributed by atoms with Crippen LogP contribution in [0.2, 0.25) is 0 Å². The summed E-state index contributed by atoms with van der Waals surface area (Å²) in [6.07, 6.45) is 6.51. The highest BCUT2D eigenvalue weighted by Crippen LogP contribution is 2.34. The summed E-state index contributed by atoms with van der Waals surface area (Å²) in [6, 6.07) is 9.16. The third-order valence-electron chi connectivity index (χ3n) is 3.88. The molecule has 1 aromatic carbocycles. The lowest BCUT2D eigenvalue weighted by Crippen LogP contribution is -2.08. The smallest absolute Gasteiger partial charge is 0.182 e.